The van der Waals surface area contributed by atoms with Gasteiger partial charge in [0, 0.05) is 48.1 Å². The van der Waals surface area contributed by atoms with Crippen molar-refractivity contribution in [2.45, 2.75) is 25.9 Å². The Morgan fingerprint density at radius 1 is 1.48 bits per heavy atom. The summed E-state index contributed by atoms with van der Waals surface area (Å²) in [5.74, 6) is 0.912. The van der Waals surface area contributed by atoms with E-state index < -0.39 is 0 Å². The lowest BCUT2D eigenvalue weighted by molar-refractivity contribution is 0.206. The van der Waals surface area contributed by atoms with Crippen LogP contribution < -0.4 is 0 Å². The number of H-pyrrole nitrogens is 1. The Morgan fingerprint density at radius 3 is 3.10 bits per heavy atom. The third kappa shape index (κ3) is 2.99. The van der Waals surface area contributed by atoms with Crippen LogP contribution in [0.15, 0.2) is 24.3 Å². The fourth-order valence-corrected chi connectivity index (χ4v) is 3.61. The number of hydrogen-bond acceptors (Lipinski definition) is 3. The molecule has 3 nitrogen and oxygen atoms in total. The molecule has 112 valence electrons. The Morgan fingerprint density at radius 2 is 2.33 bits per heavy atom. The smallest absolute Gasteiger partial charge is 0.123 e. The Hall–Kier alpha value is -1.33. The second-order valence-corrected chi connectivity index (χ2v) is 6.48. The molecule has 0 spiro atoms. The quantitative estimate of drug-likeness (QED) is 0.940. The Labute approximate surface area is 128 Å². The lowest BCUT2D eigenvalue weighted by atomic mass is 10.00. The van der Waals surface area contributed by atoms with Crippen molar-refractivity contribution < 1.29 is 4.39 Å². The number of thioether (sulfide) groups is 1. The largest absolute Gasteiger partial charge is 0.295 e. The molecule has 3 rings (SSSR count). The van der Waals surface area contributed by atoms with E-state index in [4.69, 9.17) is 0 Å². The van der Waals surface area contributed by atoms with E-state index in [2.05, 4.69) is 28.3 Å². The molecule has 2 heterocycles. The number of nitrogens with one attached hydrogen (secondary N) is 1. The molecule has 5 heteroatoms. The van der Waals surface area contributed by atoms with Crippen molar-refractivity contribution in [1.82, 2.24) is 15.1 Å². The van der Waals surface area contributed by atoms with E-state index >= 15 is 0 Å². The van der Waals surface area contributed by atoms with Crippen molar-refractivity contribution >= 4 is 11.8 Å². The third-order valence-corrected chi connectivity index (χ3v) is 4.91. The fraction of sp³-hybridized carbons (Fsp3) is 0.438. The molecule has 1 aromatic carbocycles. The predicted molar refractivity (Wildman–Crippen MR) is 85.9 cm³/mol. The summed E-state index contributed by atoms with van der Waals surface area (Å²) in [6, 6.07) is 7.23. The van der Waals surface area contributed by atoms with Crippen molar-refractivity contribution in [3.8, 4) is 11.3 Å². The summed E-state index contributed by atoms with van der Waals surface area (Å²) in [6.07, 6.45) is 3.12. The highest BCUT2D eigenvalue weighted by Crippen LogP contribution is 2.29. The van der Waals surface area contributed by atoms with Crippen molar-refractivity contribution in [3.63, 3.8) is 0 Å². The number of fused-ring (bicyclic) bond motifs is 1. The molecule has 0 radical (unpaired) electrons. The molecule has 0 aliphatic carbocycles. The van der Waals surface area contributed by atoms with E-state index in [1.165, 1.54) is 17.3 Å². The minimum Gasteiger partial charge on any atom is -0.295 e. The molecule has 0 amide bonds. The van der Waals surface area contributed by atoms with E-state index in [0.29, 0.717) is 6.04 Å². The lowest BCUT2D eigenvalue weighted by Gasteiger charge is -2.32. The van der Waals surface area contributed by atoms with Crippen LogP contribution in [0.1, 0.15) is 18.2 Å². The maximum Gasteiger partial charge on any atom is 0.123 e. The van der Waals surface area contributed by atoms with Gasteiger partial charge in [-0.2, -0.15) is 16.9 Å². The van der Waals surface area contributed by atoms with E-state index in [1.807, 2.05) is 17.8 Å². The minimum absolute atomic E-state index is 0.215. The van der Waals surface area contributed by atoms with Gasteiger partial charge in [-0.3, -0.25) is 10.00 Å². The normalized spacial score (nSPS) is 16.7. The first-order chi connectivity index (χ1) is 10.2. The molecular weight excluding hydrogens is 285 g/mol. The molecule has 1 aromatic heterocycles. The van der Waals surface area contributed by atoms with Crippen LogP contribution in [0.5, 0.6) is 0 Å². The number of rotatable bonds is 4. The number of aromatic nitrogens is 2. The van der Waals surface area contributed by atoms with Gasteiger partial charge >= 0.3 is 0 Å². The van der Waals surface area contributed by atoms with Gasteiger partial charge in [-0.1, -0.05) is 12.1 Å². The summed E-state index contributed by atoms with van der Waals surface area (Å²) in [5.41, 5.74) is 4.17. The number of hydrogen-bond donors (Lipinski definition) is 1. The maximum atomic E-state index is 13.4. The number of aromatic amines is 1. The molecule has 0 saturated carbocycles. The summed E-state index contributed by atoms with van der Waals surface area (Å²) < 4.78 is 13.4. The van der Waals surface area contributed by atoms with Gasteiger partial charge in [-0.05, 0) is 25.3 Å². The maximum absolute atomic E-state index is 13.4. The van der Waals surface area contributed by atoms with Crippen molar-refractivity contribution in [2.24, 2.45) is 0 Å². The minimum atomic E-state index is -0.215. The molecule has 2 aromatic rings. The molecule has 1 unspecified atom stereocenters. The number of nitrogens with zero attached hydrogens (tertiary/aromatic N) is 2. The monoisotopic (exact) mass is 305 g/mol. The highest BCUT2D eigenvalue weighted by Gasteiger charge is 2.25. The second-order valence-electron chi connectivity index (χ2n) is 5.56. The van der Waals surface area contributed by atoms with E-state index in [0.717, 1.165) is 36.5 Å². The number of benzene rings is 1. The first-order valence-corrected chi connectivity index (χ1v) is 8.63. The Balaban J connectivity index is 1.89. The van der Waals surface area contributed by atoms with E-state index in [9.17, 15) is 4.39 Å². The molecule has 1 aliphatic heterocycles. The lowest BCUT2D eigenvalue weighted by Crippen LogP contribution is -2.38. The molecule has 0 bridgehead atoms. The van der Waals surface area contributed by atoms with Gasteiger partial charge in [-0.15, -0.1) is 0 Å². The average Bonchev–Trinajstić information content (AvgIpc) is 2.90. The molecule has 1 atom stereocenters. The van der Waals surface area contributed by atoms with Crippen LogP contribution in [0.3, 0.4) is 0 Å². The Kier molecular flexibility index (Phi) is 4.31. The van der Waals surface area contributed by atoms with Gasteiger partial charge in [0.25, 0.3) is 0 Å². The molecule has 1 aliphatic rings. The second kappa shape index (κ2) is 6.20. The standard InChI is InChI=1S/C16H20FN3S/c1-11(10-21-2)20-7-6-15-14(9-20)16(19-18-15)12-4-3-5-13(17)8-12/h3-5,8,11H,6-7,9-10H2,1-2H3,(H,18,19). The van der Waals surface area contributed by atoms with Gasteiger partial charge in [0.1, 0.15) is 5.82 Å². The first-order valence-electron chi connectivity index (χ1n) is 7.24. The zero-order chi connectivity index (χ0) is 14.8. The van der Waals surface area contributed by atoms with Crippen molar-refractivity contribution in [1.29, 1.82) is 0 Å². The fourth-order valence-electron chi connectivity index (χ4n) is 2.91. The van der Waals surface area contributed by atoms with Crippen LogP contribution in [0, 0.1) is 5.82 Å². The van der Waals surface area contributed by atoms with Crippen LogP contribution in [-0.4, -0.2) is 39.7 Å². The van der Waals surface area contributed by atoms with Gasteiger partial charge < -0.3 is 0 Å². The zero-order valence-corrected chi connectivity index (χ0v) is 13.2. The topological polar surface area (TPSA) is 31.9 Å². The van der Waals surface area contributed by atoms with Crippen LogP contribution in [-0.2, 0) is 13.0 Å². The average molecular weight is 305 g/mol. The molecule has 21 heavy (non-hydrogen) atoms. The number of halogens is 1. The molecular formula is C16H20FN3S. The van der Waals surface area contributed by atoms with Crippen molar-refractivity contribution in [2.75, 3.05) is 18.6 Å². The zero-order valence-electron chi connectivity index (χ0n) is 12.4. The molecule has 0 fully saturated rings. The summed E-state index contributed by atoms with van der Waals surface area (Å²) >= 11 is 1.87. The van der Waals surface area contributed by atoms with Crippen LogP contribution in [0.25, 0.3) is 11.3 Å². The van der Waals surface area contributed by atoms with Crippen LogP contribution in [0.2, 0.25) is 0 Å². The van der Waals surface area contributed by atoms with Crippen LogP contribution in [0.4, 0.5) is 4.39 Å². The van der Waals surface area contributed by atoms with Gasteiger partial charge in [0.05, 0.1) is 5.69 Å². The van der Waals surface area contributed by atoms with E-state index in [1.54, 1.807) is 12.1 Å². The molecule has 0 saturated heterocycles. The van der Waals surface area contributed by atoms with E-state index in [-0.39, 0.29) is 5.82 Å². The summed E-state index contributed by atoms with van der Waals surface area (Å²) in [7, 11) is 0. The molecule has 1 N–H and O–H groups in total. The van der Waals surface area contributed by atoms with Crippen LogP contribution >= 0.6 is 11.8 Å². The highest BCUT2D eigenvalue weighted by atomic mass is 32.2. The Bertz CT molecular complexity index is 626. The SMILES string of the molecule is CSCC(C)N1CCc2[nH]nc(-c3cccc(F)c3)c2C1. The van der Waals surface area contributed by atoms with Gasteiger partial charge in [-0.25, -0.2) is 4.39 Å². The highest BCUT2D eigenvalue weighted by molar-refractivity contribution is 7.98. The van der Waals surface area contributed by atoms with Gasteiger partial charge in [0.15, 0.2) is 0 Å². The predicted octanol–water partition coefficient (Wildman–Crippen LogP) is 3.33. The van der Waals surface area contributed by atoms with Crippen molar-refractivity contribution in [3.05, 3.63) is 41.3 Å². The summed E-state index contributed by atoms with van der Waals surface area (Å²) in [6.45, 7) is 4.21. The first kappa shape index (κ1) is 14.6. The summed E-state index contributed by atoms with van der Waals surface area (Å²) in [5, 5.41) is 7.56. The summed E-state index contributed by atoms with van der Waals surface area (Å²) in [4.78, 5) is 2.48. The third-order valence-electron chi connectivity index (χ3n) is 4.09. The van der Waals surface area contributed by atoms with Gasteiger partial charge in [0.2, 0.25) is 0 Å².